The molecule has 1 rings (SSSR count). The summed E-state index contributed by atoms with van der Waals surface area (Å²) >= 11 is 0. The maximum Gasteiger partial charge on any atom is 0.303 e. The van der Waals surface area contributed by atoms with Gasteiger partial charge in [-0.3, -0.25) is 4.79 Å². The minimum atomic E-state index is -0.655. The molecule has 1 saturated carbocycles. The van der Waals surface area contributed by atoms with E-state index in [0.29, 0.717) is 18.4 Å². The quantitative estimate of drug-likeness (QED) is 0.623. The Morgan fingerprint density at radius 3 is 2.42 bits per heavy atom. The van der Waals surface area contributed by atoms with Crippen molar-refractivity contribution in [3.05, 3.63) is 0 Å². The third-order valence-corrected chi connectivity index (χ3v) is 4.30. The number of carbonyl (C=O) groups is 1. The van der Waals surface area contributed by atoms with E-state index >= 15 is 0 Å². The van der Waals surface area contributed by atoms with Crippen molar-refractivity contribution in [3.8, 4) is 0 Å². The van der Waals surface area contributed by atoms with Gasteiger partial charge >= 0.3 is 5.97 Å². The lowest BCUT2D eigenvalue weighted by Gasteiger charge is -2.19. The van der Waals surface area contributed by atoms with E-state index in [2.05, 4.69) is 12.2 Å². The largest absolute Gasteiger partial charge is 0.481 e. The Bertz CT molecular complexity index is 235. The van der Waals surface area contributed by atoms with Crippen LogP contribution in [0, 0.1) is 5.92 Å². The molecule has 0 amide bonds. The highest BCUT2D eigenvalue weighted by molar-refractivity contribution is 5.66. The Morgan fingerprint density at radius 1 is 1.16 bits per heavy atom. The Labute approximate surface area is 118 Å². The molecule has 0 aromatic heterocycles. The number of carboxylic acid groups (broad SMARTS) is 1. The molecule has 0 aromatic rings. The van der Waals surface area contributed by atoms with Crippen molar-refractivity contribution in [1.82, 2.24) is 5.32 Å². The molecule has 112 valence electrons. The van der Waals surface area contributed by atoms with Gasteiger partial charge in [-0.2, -0.15) is 0 Å². The Kier molecular flexibility index (Phi) is 8.89. The number of carboxylic acids is 1. The lowest BCUT2D eigenvalue weighted by molar-refractivity contribution is -0.137. The molecule has 1 aliphatic carbocycles. The standard InChI is InChI=1S/C16H31NO2/c1-2-7-14(10-11-16(18)19)12-13-17-15-8-5-3-4-6-9-15/h14-15,17H,2-13H2,1H3,(H,18,19). The summed E-state index contributed by atoms with van der Waals surface area (Å²) in [6, 6.07) is 0.712. The molecule has 3 nitrogen and oxygen atoms in total. The van der Waals surface area contributed by atoms with Crippen molar-refractivity contribution in [1.29, 1.82) is 0 Å². The average molecular weight is 269 g/mol. The van der Waals surface area contributed by atoms with E-state index in [-0.39, 0.29) is 0 Å². The zero-order valence-electron chi connectivity index (χ0n) is 12.5. The van der Waals surface area contributed by atoms with E-state index in [1.165, 1.54) is 44.9 Å². The van der Waals surface area contributed by atoms with Crippen LogP contribution >= 0.6 is 0 Å². The van der Waals surface area contributed by atoms with Gasteiger partial charge in [-0.05, 0) is 38.1 Å². The molecular formula is C16H31NO2. The number of hydrogen-bond donors (Lipinski definition) is 2. The zero-order chi connectivity index (χ0) is 13.9. The van der Waals surface area contributed by atoms with Crippen LogP contribution in [0.1, 0.15) is 77.6 Å². The van der Waals surface area contributed by atoms with Crippen molar-refractivity contribution < 1.29 is 9.90 Å². The molecule has 1 aliphatic rings. The van der Waals surface area contributed by atoms with Crippen molar-refractivity contribution >= 4 is 5.97 Å². The third kappa shape index (κ3) is 8.25. The van der Waals surface area contributed by atoms with E-state index < -0.39 is 5.97 Å². The second-order valence-electron chi connectivity index (χ2n) is 6.02. The molecule has 19 heavy (non-hydrogen) atoms. The van der Waals surface area contributed by atoms with Crippen LogP contribution in [0.3, 0.4) is 0 Å². The molecule has 0 aliphatic heterocycles. The van der Waals surface area contributed by atoms with Crippen LogP contribution in [0.5, 0.6) is 0 Å². The van der Waals surface area contributed by atoms with Gasteiger partial charge in [0, 0.05) is 12.5 Å². The Morgan fingerprint density at radius 2 is 1.84 bits per heavy atom. The summed E-state index contributed by atoms with van der Waals surface area (Å²) in [5.41, 5.74) is 0. The fourth-order valence-electron chi connectivity index (χ4n) is 3.14. The summed E-state index contributed by atoms with van der Waals surface area (Å²) < 4.78 is 0. The van der Waals surface area contributed by atoms with Crippen molar-refractivity contribution in [2.75, 3.05) is 6.54 Å². The molecule has 0 radical (unpaired) electrons. The Hall–Kier alpha value is -0.570. The van der Waals surface area contributed by atoms with Gasteiger partial charge in [-0.15, -0.1) is 0 Å². The van der Waals surface area contributed by atoms with E-state index in [9.17, 15) is 4.79 Å². The second kappa shape index (κ2) is 10.2. The molecule has 0 bridgehead atoms. The molecule has 0 saturated heterocycles. The lowest BCUT2D eigenvalue weighted by Crippen LogP contribution is -2.30. The van der Waals surface area contributed by atoms with Crippen LogP contribution in [0.15, 0.2) is 0 Å². The first-order valence-corrected chi connectivity index (χ1v) is 8.17. The van der Waals surface area contributed by atoms with Gasteiger partial charge in [-0.1, -0.05) is 45.4 Å². The monoisotopic (exact) mass is 269 g/mol. The maximum atomic E-state index is 10.7. The average Bonchev–Trinajstić information content (AvgIpc) is 2.64. The van der Waals surface area contributed by atoms with Gasteiger partial charge in [0.15, 0.2) is 0 Å². The van der Waals surface area contributed by atoms with Crippen molar-refractivity contribution in [2.24, 2.45) is 5.92 Å². The van der Waals surface area contributed by atoms with Gasteiger partial charge in [-0.25, -0.2) is 0 Å². The van der Waals surface area contributed by atoms with Gasteiger partial charge in [0.05, 0.1) is 0 Å². The third-order valence-electron chi connectivity index (χ3n) is 4.30. The molecule has 0 heterocycles. The fraction of sp³-hybridized carbons (Fsp3) is 0.938. The van der Waals surface area contributed by atoms with Crippen molar-refractivity contribution in [3.63, 3.8) is 0 Å². The first-order valence-electron chi connectivity index (χ1n) is 8.17. The summed E-state index contributed by atoms with van der Waals surface area (Å²) in [7, 11) is 0. The summed E-state index contributed by atoms with van der Waals surface area (Å²) in [5, 5.41) is 12.5. The van der Waals surface area contributed by atoms with E-state index in [1.54, 1.807) is 0 Å². The van der Waals surface area contributed by atoms with E-state index in [1.807, 2.05) is 0 Å². The molecule has 2 N–H and O–H groups in total. The van der Waals surface area contributed by atoms with Gasteiger partial charge in [0.25, 0.3) is 0 Å². The van der Waals surface area contributed by atoms with Gasteiger partial charge < -0.3 is 10.4 Å². The van der Waals surface area contributed by atoms with Crippen LogP contribution in [0.2, 0.25) is 0 Å². The van der Waals surface area contributed by atoms with Crippen LogP contribution in [-0.4, -0.2) is 23.7 Å². The topological polar surface area (TPSA) is 49.3 Å². The summed E-state index contributed by atoms with van der Waals surface area (Å²) in [5.74, 6) is -0.0720. The van der Waals surface area contributed by atoms with E-state index in [4.69, 9.17) is 5.11 Å². The van der Waals surface area contributed by atoms with E-state index in [0.717, 1.165) is 25.8 Å². The molecular weight excluding hydrogens is 238 g/mol. The minimum absolute atomic E-state index is 0.327. The maximum absolute atomic E-state index is 10.7. The predicted molar refractivity (Wildman–Crippen MR) is 79.4 cm³/mol. The minimum Gasteiger partial charge on any atom is -0.481 e. The Balaban J connectivity index is 2.16. The summed E-state index contributed by atoms with van der Waals surface area (Å²) in [4.78, 5) is 10.7. The number of aliphatic carboxylic acids is 1. The molecule has 0 aromatic carbocycles. The van der Waals surface area contributed by atoms with Crippen LogP contribution in [0.25, 0.3) is 0 Å². The molecule has 1 atom stereocenters. The number of rotatable bonds is 9. The predicted octanol–water partition coefficient (Wildman–Crippen LogP) is 3.97. The fourth-order valence-corrected chi connectivity index (χ4v) is 3.14. The highest BCUT2D eigenvalue weighted by atomic mass is 16.4. The first kappa shape index (κ1) is 16.5. The normalized spacial score (nSPS) is 19.0. The van der Waals surface area contributed by atoms with Crippen LogP contribution < -0.4 is 5.32 Å². The number of hydrogen-bond acceptors (Lipinski definition) is 2. The van der Waals surface area contributed by atoms with Gasteiger partial charge in [0.2, 0.25) is 0 Å². The van der Waals surface area contributed by atoms with Crippen LogP contribution in [0.4, 0.5) is 0 Å². The highest BCUT2D eigenvalue weighted by Gasteiger charge is 2.13. The smallest absolute Gasteiger partial charge is 0.303 e. The summed E-state index contributed by atoms with van der Waals surface area (Å²) in [6.45, 7) is 3.25. The SMILES string of the molecule is CCCC(CCNC1CCCCCC1)CCC(=O)O. The van der Waals surface area contributed by atoms with Crippen LogP contribution in [-0.2, 0) is 4.79 Å². The number of nitrogens with one attached hydrogen (secondary N) is 1. The zero-order valence-corrected chi connectivity index (χ0v) is 12.5. The lowest BCUT2D eigenvalue weighted by atomic mass is 9.94. The van der Waals surface area contributed by atoms with Crippen molar-refractivity contribution in [2.45, 2.75) is 83.6 Å². The molecule has 3 heteroatoms. The second-order valence-corrected chi connectivity index (χ2v) is 6.02. The van der Waals surface area contributed by atoms with Gasteiger partial charge in [0.1, 0.15) is 0 Å². The molecule has 0 spiro atoms. The first-order chi connectivity index (χ1) is 9.22. The molecule has 1 fully saturated rings. The molecule has 1 unspecified atom stereocenters. The summed E-state index contributed by atoms with van der Waals surface area (Å²) in [6.07, 6.45) is 12.8. The highest BCUT2D eigenvalue weighted by Crippen LogP contribution is 2.19.